The Labute approximate surface area is 149 Å². The molecule has 2 rings (SSSR count). The van der Waals surface area contributed by atoms with Crippen LogP contribution in [-0.2, 0) is 28.5 Å². The molecule has 0 aromatic carbocycles. The van der Waals surface area contributed by atoms with E-state index in [-0.39, 0.29) is 22.4 Å². The lowest BCUT2D eigenvalue weighted by Crippen LogP contribution is -2.69. The molecular formula is C15H22N2O7S. The molecule has 10 heteroatoms. The molecule has 2 N–H and O–H groups in total. The molecule has 2 aliphatic heterocycles. The minimum Gasteiger partial charge on any atom is -0.497 e. The lowest BCUT2D eigenvalue weighted by molar-refractivity contribution is -0.169. The number of hydrogen-bond acceptors (Lipinski definition) is 9. The highest BCUT2D eigenvalue weighted by Gasteiger charge is 2.54. The Kier molecular flexibility index (Phi) is 5.83. The first kappa shape index (κ1) is 19.4. The molecule has 140 valence electrons. The van der Waals surface area contributed by atoms with Crippen LogP contribution in [0, 0.1) is 0 Å². The fourth-order valence-corrected chi connectivity index (χ4v) is 3.87. The van der Waals surface area contributed by atoms with E-state index >= 15 is 0 Å². The topological polar surface area (TPSA) is 117 Å². The van der Waals surface area contributed by atoms with Gasteiger partial charge in [0.2, 0.25) is 12.2 Å². The van der Waals surface area contributed by atoms with Gasteiger partial charge in [-0.05, 0) is 20.8 Å². The van der Waals surface area contributed by atoms with Crippen molar-refractivity contribution in [3.8, 4) is 0 Å². The molecule has 0 aliphatic carbocycles. The summed E-state index contributed by atoms with van der Waals surface area (Å²) in [6.07, 6.45) is -2.52. The second kappa shape index (κ2) is 7.52. The predicted molar refractivity (Wildman–Crippen MR) is 88.0 cm³/mol. The van der Waals surface area contributed by atoms with Crippen molar-refractivity contribution >= 4 is 29.8 Å². The van der Waals surface area contributed by atoms with Crippen LogP contribution >= 0.6 is 11.8 Å². The van der Waals surface area contributed by atoms with E-state index in [1.165, 1.54) is 30.7 Å². The normalized spacial score (nSPS) is 26.6. The van der Waals surface area contributed by atoms with Gasteiger partial charge in [0.25, 0.3) is 0 Å². The third kappa shape index (κ3) is 3.84. The smallest absolute Gasteiger partial charge is 0.497 e. The van der Waals surface area contributed by atoms with Gasteiger partial charge in [0, 0.05) is 6.92 Å². The van der Waals surface area contributed by atoms with Crippen LogP contribution in [0.2, 0.25) is 0 Å². The minimum absolute atomic E-state index is 0.0156. The molecule has 0 saturated carbocycles. The fraction of sp³-hybridized carbons (Fsp3) is 0.667. The number of nitrogens with two attached hydrogens (primary N) is 1. The van der Waals surface area contributed by atoms with E-state index in [0.29, 0.717) is 5.76 Å². The predicted octanol–water partition coefficient (Wildman–Crippen LogP) is 0.926. The van der Waals surface area contributed by atoms with Crippen molar-refractivity contribution < 1.29 is 33.3 Å². The maximum atomic E-state index is 12.5. The number of esters is 1. The Balaban J connectivity index is 2.12. The van der Waals surface area contributed by atoms with Crippen LogP contribution in [0.4, 0.5) is 4.79 Å². The number of rotatable bonds is 5. The van der Waals surface area contributed by atoms with Gasteiger partial charge in [-0.3, -0.25) is 9.69 Å². The first-order valence-electron chi connectivity index (χ1n) is 7.77. The second-order valence-corrected chi connectivity index (χ2v) is 7.29. The third-order valence-corrected chi connectivity index (χ3v) is 4.96. The first-order chi connectivity index (χ1) is 11.7. The summed E-state index contributed by atoms with van der Waals surface area (Å²) in [5, 5.41) is -0.541. The van der Waals surface area contributed by atoms with Gasteiger partial charge in [-0.1, -0.05) is 0 Å². The Morgan fingerprint density at radius 2 is 1.84 bits per heavy atom. The van der Waals surface area contributed by atoms with Crippen LogP contribution in [0.1, 0.15) is 27.7 Å². The number of amides is 1. The van der Waals surface area contributed by atoms with E-state index < -0.39 is 30.4 Å². The summed E-state index contributed by atoms with van der Waals surface area (Å²) in [5.41, 5.74) is 5.77. The van der Waals surface area contributed by atoms with Crippen LogP contribution in [0.3, 0.4) is 0 Å². The molecule has 2 heterocycles. The van der Waals surface area contributed by atoms with Crippen LogP contribution < -0.4 is 5.73 Å². The molecule has 1 saturated heterocycles. The number of hydrogen-bond donors (Lipinski definition) is 1. The van der Waals surface area contributed by atoms with Crippen LogP contribution in [-0.4, -0.2) is 59.1 Å². The molecule has 2 aliphatic rings. The number of carbonyl (C=O) groups excluding carboxylic acids is 3. The van der Waals surface area contributed by atoms with E-state index in [2.05, 4.69) is 0 Å². The number of methoxy groups -OCH3 is 1. The number of ether oxygens (including phenoxy) is 4. The summed E-state index contributed by atoms with van der Waals surface area (Å²) >= 11 is 1.42. The molecule has 4 atom stereocenters. The van der Waals surface area contributed by atoms with E-state index in [9.17, 15) is 14.4 Å². The maximum absolute atomic E-state index is 12.5. The molecule has 0 radical (unpaired) electrons. The summed E-state index contributed by atoms with van der Waals surface area (Å²) in [6, 6.07) is -0.677. The highest BCUT2D eigenvalue weighted by molar-refractivity contribution is 8.00. The Bertz CT molecular complexity index is 607. The third-order valence-electron chi connectivity index (χ3n) is 3.55. The van der Waals surface area contributed by atoms with Crippen molar-refractivity contribution in [1.29, 1.82) is 0 Å². The number of nitrogens with zero attached hydrogens (tertiary/aromatic N) is 1. The summed E-state index contributed by atoms with van der Waals surface area (Å²) in [5.74, 6) is -0.916. The van der Waals surface area contributed by atoms with Gasteiger partial charge in [0.15, 0.2) is 5.70 Å². The Morgan fingerprint density at radius 3 is 2.40 bits per heavy atom. The number of thioether (sulfide) groups is 1. The van der Waals surface area contributed by atoms with Crippen LogP contribution in [0.25, 0.3) is 0 Å². The standard InChI is InChI=1S/C15H22N2O7S/c1-6(2)22-15(20)24-8(4)23-14(19)10-11(21-5)7(3)25-13-9(16)12(18)17(10)13/h6-9,13H,16H2,1-5H3/t7?,8?,9?,13-/m1/s1. The van der Waals surface area contributed by atoms with Gasteiger partial charge in [-0.15, -0.1) is 11.8 Å². The molecule has 0 spiro atoms. The van der Waals surface area contributed by atoms with Crippen LogP contribution in [0.5, 0.6) is 0 Å². The van der Waals surface area contributed by atoms with E-state index in [1.807, 2.05) is 6.92 Å². The molecule has 9 nitrogen and oxygen atoms in total. The summed E-state index contributed by atoms with van der Waals surface area (Å²) in [4.78, 5) is 37.3. The molecule has 0 aromatic rings. The maximum Gasteiger partial charge on any atom is 0.511 e. The number of fused-ring (bicyclic) bond motifs is 1. The lowest BCUT2D eigenvalue weighted by atomic mass is 10.1. The molecule has 0 aromatic heterocycles. The summed E-state index contributed by atoms with van der Waals surface area (Å²) in [6.45, 7) is 6.53. The van der Waals surface area contributed by atoms with Crippen LogP contribution in [0.15, 0.2) is 11.5 Å². The van der Waals surface area contributed by atoms with Crippen molar-refractivity contribution in [3.63, 3.8) is 0 Å². The fourth-order valence-electron chi connectivity index (χ4n) is 2.50. The van der Waals surface area contributed by atoms with Crippen molar-refractivity contribution in [2.75, 3.05) is 7.11 Å². The van der Waals surface area contributed by atoms with Gasteiger partial charge >= 0.3 is 12.1 Å². The minimum atomic E-state index is -1.20. The highest BCUT2D eigenvalue weighted by Crippen LogP contribution is 2.43. The average Bonchev–Trinajstić information content (AvgIpc) is 2.51. The van der Waals surface area contributed by atoms with Gasteiger partial charge < -0.3 is 24.7 Å². The quantitative estimate of drug-likeness (QED) is 0.426. The average molecular weight is 374 g/mol. The van der Waals surface area contributed by atoms with E-state index in [0.717, 1.165) is 0 Å². The first-order valence-corrected chi connectivity index (χ1v) is 8.72. The summed E-state index contributed by atoms with van der Waals surface area (Å²) in [7, 11) is 1.41. The monoisotopic (exact) mass is 374 g/mol. The largest absolute Gasteiger partial charge is 0.511 e. The van der Waals surface area contributed by atoms with Gasteiger partial charge in [-0.2, -0.15) is 0 Å². The molecule has 0 bridgehead atoms. The zero-order valence-corrected chi connectivity index (χ0v) is 15.5. The zero-order chi connectivity index (χ0) is 18.9. The van der Waals surface area contributed by atoms with E-state index in [1.54, 1.807) is 13.8 Å². The van der Waals surface area contributed by atoms with E-state index in [4.69, 9.17) is 24.7 Å². The Morgan fingerprint density at radius 1 is 1.20 bits per heavy atom. The second-order valence-electron chi connectivity index (χ2n) is 5.83. The van der Waals surface area contributed by atoms with Gasteiger partial charge in [0.1, 0.15) is 17.2 Å². The van der Waals surface area contributed by atoms with Crippen molar-refractivity contribution in [3.05, 3.63) is 11.5 Å². The van der Waals surface area contributed by atoms with Gasteiger partial charge in [-0.25, -0.2) is 9.59 Å². The van der Waals surface area contributed by atoms with Crippen molar-refractivity contribution in [2.45, 2.75) is 56.8 Å². The molecule has 1 amide bonds. The number of β-lactam (4-membered cyclic amide) rings is 1. The molecular weight excluding hydrogens is 352 g/mol. The van der Waals surface area contributed by atoms with Crippen molar-refractivity contribution in [1.82, 2.24) is 4.90 Å². The highest BCUT2D eigenvalue weighted by atomic mass is 32.2. The van der Waals surface area contributed by atoms with Crippen molar-refractivity contribution in [2.24, 2.45) is 5.73 Å². The molecule has 25 heavy (non-hydrogen) atoms. The zero-order valence-electron chi connectivity index (χ0n) is 14.7. The Hall–Kier alpha value is -1.94. The number of carbonyl (C=O) groups is 3. The SMILES string of the molecule is COC1=C(C(=O)OC(C)OC(=O)OC(C)C)N2C(=O)C(N)[C@H]2SC1C. The molecule has 1 fully saturated rings. The van der Waals surface area contributed by atoms with Gasteiger partial charge in [0.05, 0.1) is 18.5 Å². The molecule has 3 unspecified atom stereocenters. The summed E-state index contributed by atoms with van der Waals surface area (Å²) < 4.78 is 20.1. The lowest BCUT2D eigenvalue weighted by Gasteiger charge is -2.49.